The van der Waals surface area contributed by atoms with Gasteiger partial charge in [-0.05, 0) is 31.2 Å². The molecule has 3 aromatic rings. The maximum absolute atomic E-state index is 13.5. The predicted molar refractivity (Wildman–Crippen MR) is 157 cm³/mol. The summed E-state index contributed by atoms with van der Waals surface area (Å²) in [5.74, 6) is -0.952. The molecule has 0 aromatic heterocycles. The van der Waals surface area contributed by atoms with Crippen molar-refractivity contribution in [2.45, 2.75) is 18.2 Å². The van der Waals surface area contributed by atoms with Crippen LogP contribution in [-0.4, -0.2) is 80.5 Å². The molecular formula is C29H35N2O8S2+. The number of fused-ring (bicyclic) bond motifs is 2. The number of benzene rings is 3. The van der Waals surface area contributed by atoms with Crippen molar-refractivity contribution in [1.29, 1.82) is 0 Å². The highest BCUT2D eigenvalue weighted by molar-refractivity contribution is 7.87. The summed E-state index contributed by atoms with van der Waals surface area (Å²) in [5, 5.41) is 3.27. The van der Waals surface area contributed by atoms with Crippen LogP contribution in [0.5, 0.6) is 5.75 Å². The zero-order chi connectivity index (χ0) is 30.6. The van der Waals surface area contributed by atoms with Gasteiger partial charge in [-0.3, -0.25) is 13.8 Å². The lowest BCUT2D eigenvalue weighted by atomic mass is 9.82. The number of carbonyl (C=O) groups is 2. The van der Waals surface area contributed by atoms with Crippen LogP contribution in [0.4, 0.5) is 5.69 Å². The van der Waals surface area contributed by atoms with E-state index >= 15 is 0 Å². The summed E-state index contributed by atoms with van der Waals surface area (Å²) in [7, 11) is 0.0368. The highest BCUT2D eigenvalue weighted by Gasteiger charge is 2.35. The normalized spacial score (nSPS) is 13.0. The van der Waals surface area contributed by atoms with E-state index in [1.165, 1.54) is 18.2 Å². The Morgan fingerprint density at radius 3 is 1.85 bits per heavy atom. The number of rotatable bonds is 9. The van der Waals surface area contributed by atoms with Crippen LogP contribution in [0, 0.1) is 6.92 Å². The maximum Gasteiger partial charge on any atom is 0.339 e. The molecule has 1 aliphatic rings. The van der Waals surface area contributed by atoms with Gasteiger partial charge in [0.25, 0.3) is 10.1 Å². The Morgan fingerprint density at radius 1 is 0.805 bits per heavy atom. The smallest absolute Gasteiger partial charge is 0.339 e. The van der Waals surface area contributed by atoms with E-state index in [1.54, 1.807) is 42.5 Å². The lowest BCUT2D eigenvalue weighted by Gasteiger charge is -2.25. The van der Waals surface area contributed by atoms with Crippen molar-refractivity contribution < 1.29 is 39.3 Å². The van der Waals surface area contributed by atoms with E-state index in [2.05, 4.69) is 30.6 Å². The van der Waals surface area contributed by atoms with E-state index in [1.807, 2.05) is 6.92 Å². The summed E-state index contributed by atoms with van der Waals surface area (Å²) >= 11 is 0. The molecule has 0 amide bonds. The third-order valence-electron chi connectivity index (χ3n) is 6.17. The fraction of sp³-hybridized carbons (Fsp3) is 0.310. The van der Waals surface area contributed by atoms with E-state index < -0.39 is 26.0 Å². The molecule has 0 aliphatic heterocycles. The van der Waals surface area contributed by atoms with Crippen molar-refractivity contribution in [3.05, 3.63) is 88.5 Å². The number of quaternary nitrogens is 1. The molecule has 41 heavy (non-hydrogen) atoms. The fourth-order valence-corrected chi connectivity index (χ4v) is 5.00. The van der Waals surface area contributed by atoms with E-state index in [9.17, 15) is 26.4 Å². The van der Waals surface area contributed by atoms with Crippen LogP contribution < -0.4 is 9.50 Å². The number of hydrogen-bond donors (Lipinski definition) is 1. The Kier molecular flexibility index (Phi) is 9.75. The Hall–Kier alpha value is -3.58. The topological polar surface area (TPSA) is 133 Å². The van der Waals surface area contributed by atoms with Gasteiger partial charge in [0.2, 0.25) is 0 Å². The lowest BCUT2D eigenvalue weighted by molar-refractivity contribution is -0.870. The van der Waals surface area contributed by atoms with Crippen LogP contribution in [-0.2, 0) is 24.4 Å². The molecule has 0 saturated heterocycles. The molecule has 0 radical (unpaired) electrons. The molecule has 0 unspecified atom stereocenters. The second-order valence-corrected chi connectivity index (χ2v) is 13.9. The number of ketones is 2. The van der Waals surface area contributed by atoms with Gasteiger partial charge in [-0.1, -0.05) is 42.0 Å². The Balaban J connectivity index is 0.000000696. The van der Waals surface area contributed by atoms with Gasteiger partial charge < -0.3 is 14.0 Å². The van der Waals surface area contributed by atoms with Crippen LogP contribution in [0.3, 0.4) is 0 Å². The first-order valence-electron chi connectivity index (χ1n) is 12.7. The quantitative estimate of drug-likeness (QED) is 0.173. The number of anilines is 1. The van der Waals surface area contributed by atoms with Gasteiger partial charge in [0.15, 0.2) is 17.3 Å². The molecule has 0 atom stereocenters. The zero-order valence-corrected chi connectivity index (χ0v) is 25.6. The standard InChI is InChI=1S/C27H28N2O5S.C2H6O3S/c1-18-10-12-19(13-11-18)35(32,33)34-23-15-14-22(28-16-7-17-29(2,3)4)24-25(23)27(31)21-9-6-5-8-20(21)26(24)30;1-5-6(2,3)4/h5-6,8-15H,7,16-17H2,1-4H3;1-2H3/p+1. The lowest BCUT2D eigenvalue weighted by Crippen LogP contribution is -2.36. The zero-order valence-electron chi connectivity index (χ0n) is 23.9. The maximum atomic E-state index is 13.5. The van der Waals surface area contributed by atoms with Crippen molar-refractivity contribution in [1.82, 2.24) is 0 Å². The average Bonchev–Trinajstić information content (AvgIpc) is 2.89. The molecule has 1 N–H and O–H groups in total. The molecule has 0 fully saturated rings. The van der Waals surface area contributed by atoms with E-state index in [4.69, 9.17) is 4.18 Å². The van der Waals surface area contributed by atoms with Crippen molar-refractivity contribution >= 4 is 37.5 Å². The summed E-state index contributed by atoms with van der Waals surface area (Å²) < 4.78 is 55.7. The molecule has 3 aromatic carbocycles. The van der Waals surface area contributed by atoms with Crippen molar-refractivity contribution in [3.63, 3.8) is 0 Å². The minimum Gasteiger partial charge on any atom is -0.384 e. The third kappa shape index (κ3) is 8.23. The van der Waals surface area contributed by atoms with Gasteiger partial charge in [-0.15, -0.1) is 0 Å². The molecule has 12 heteroatoms. The highest BCUT2D eigenvalue weighted by atomic mass is 32.2. The Bertz CT molecular complexity index is 1660. The van der Waals surface area contributed by atoms with Crippen molar-refractivity contribution in [2.75, 3.05) is 52.9 Å². The molecule has 4 rings (SSSR count). The number of nitrogens with zero attached hydrogens (tertiary/aromatic N) is 1. The molecule has 220 valence electrons. The van der Waals surface area contributed by atoms with Crippen molar-refractivity contribution in [2.24, 2.45) is 0 Å². The average molecular weight is 604 g/mol. The van der Waals surface area contributed by atoms with Gasteiger partial charge >= 0.3 is 10.1 Å². The number of carbonyl (C=O) groups excluding carboxylic acids is 2. The van der Waals surface area contributed by atoms with Crippen molar-refractivity contribution in [3.8, 4) is 5.75 Å². The molecule has 0 saturated carbocycles. The van der Waals surface area contributed by atoms with Gasteiger partial charge in [0.1, 0.15) is 4.90 Å². The fourth-order valence-electron chi connectivity index (χ4n) is 4.06. The first kappa shape index (κ1) is 31.9. The molecule has 0 spiro atoms. The minimum absolute atomic E-state index is 0.0330. The Morgan fingerprint density at radius 2 is 1.34 bits per heavy atom. The van der Waals surface area contributed by atoms with Crippen LogP contribution in [0.2, 0.25) is 0 Å². The minimum atomic E-state index is -4.22. The summed E-state index contributed by atoms with van der Waals surface area (Å²) in [6.45, 7) is 3.36. The van der Waals surface area contributed by atoms with Gasteiger partial charge in [-0.25, -0.2) is 0 Å². The number of nitrogens with one attached hydrogen (secondary N) is 1. The van der Waals surface area contributed by atoms with Gasteiger partial charge in [0, 0.05) is 29.8 Å². The largest absolute Gasteiger partial charge is 0.384 e. The number of aryl methyl sites for hydroxylation is 1. The third-order valence-corrected chi connectivity index (χ3v) is 8.02. The first-order valence-corrected chi connectivity index (χ1v) is 15.9. The Labute approximate surface area is 241 Å². The van der Waals surface area contributed by atoms with Crippen LogP contribution >= 0.6 is 0 Å². The molecule has 0 bridgehead atoms. The predicted octanol–water partition coefficient (Wildman–Crippen LogP) is 3.64. The molecular weight excluding hydrogens is 568 g/mol. The molecule has 10 nitrogen and oxygen atoms in total. The summed E-state index contributed by atoms with van der Waals surface area (Å²) in [4.78, 5) is 27.0. The van der Waals surface area contributed by atoms with E-state index in [0.717, 1.165) is 36.4 Å². The summed E-state index contributed by atoms with van der Waals surface area (Å²) in [6, 6.07) is 15.8. The number of hydrogen-bond acceptors (Lipinski definition) is 9. The second kappa shape index (κ2) is 12.5. The van der Waals surface area contributed by atoms with Gasteiger partial charge in [-0.2, -0.15) is 16.8 Å². The monoisotopic (exact) mass is 603 g/mol. The summed E-state index contributed by atoms with van der Waals surface area (Å²) in [5.41, 5.74) is 1.99. The van der Waals surface area contributed by atoms with E-state index in [-0.39, 0.29) is 38.7 Å². The van der Waals surface area contributed by atoms with Crippen LogP contribution in [0.1, 0.15) is 43.8 Å². The molecule has 1 aliphatic carbocycles. The molecule has 0 heterocycles. The summed E-state index contributed by atoms with van der Waals surface area (Å²) in [6.07, 6.45) is 1.84. The van der Waals surface area contributed by atoms with Crippen LogP contribution in [0.25, 0.3) is 0 Å². The first-order chi connectivity index (χ1) is 19.0. The SMILES string of the molecule is COS(C)(=O)=O.Cc1ccc(S(=O)(=O)Oc2ccc(NCCC[N+](C)(C)C)c3c2C(=O)c2ccccc2C3=O)cc1. The highest BCUT2D eigenvalue weighted by Crippen LogP contribution is 2.38. The van der Waals surface area contributed by atoms with Gasteiger partial charge in [0.05, 0.1) is 52.2 Å². The van der Waals surface area contributed by atoms with Crippen LogP contribution in [0.15, 0.2) is 65.6 Å². The van der Waals surface area contributed by atoms with E-state index in [0.29, 0.717) is 12.2 Å². The second-order valence-electron chi connectivity index (χ2n) is 10.6.